The molecule has 2 N–H and O–H groups in total. The van der Waals surface area contributed by atoms with Crippen LogP contribution in [0.4, 0.5) is 0 Å². The lowest BCUT2D eigenvalue weighted by Crippen LogP contribution is -2.10. The molecule has 0 saturated carbocycles. The smallest absolute Gasteiger partial charge is 0.0440 e. The number of nitrogens with two attached hydrogens (primary N) is 1. The molecule has 2 unspecified atom stereocenters. The Labute approximate surface area is 90.3 Å². The van der Waals surface area contributed by atoms with Gasteiger partial charge >= 0.3 is 0 Å². The molecule has 1 aliphatic carbocycles. The molecule has 0 heterocycles. The maximum atomic E-state index is 6.17. The van der Waals surface area contributed by atoms with Gasteiger partial charge in [-0.25, -0.2) is 0 Å². The number of fused-ring (bicyclic) bond motifs is 1. The highest BCUT2D eigenvalue weighted by molar-refractivity contribution is 6.31. The van der Waals surface area contributed by atoms with Crippen LogP contribution in [0, 0.1) is 5.92 Å². The van der Waals surface area contributed by atoms with Gasteiger partial charge in [-0.1, -0.05) is 30.7 Å². The van der Waals surface area contributed by atoms with E-state index in [1.807, 2.05) is 12.1 Å². The van der Waals surface area contributed by atoms with Crippen molar-refractivity contribution in [1.82, 2.24) is 0 Å². The molecule has 0 fully saturated rings. The van der Waals surface area contributed by atoms with Crippen molar-refractivity contribution in [2.45, 2.75) is 25.7 Å². The molecule has 0 radical (unpaired) electrons. The Hall–Kier alpha value is -0.530. The normalized spacial score (nSPS) is 25.1. The third kappa shape index (κ3) is 1.55. The second-order valence-electron chi connectivity index (χ2n) is 4.17. The summed E-state index contributed by atoms with van der Waals surface area (Å²) < 4.78 is 0. The van der Waals surface area contributed by atoms with E-state index in [9.17, 15) is 0 Å². The van der Waals surface area contributed by atoms with E-state index in [4.69, 9.17) is 17.3 Å². The summed E-state index contributed by atoms with van der Waals surface area (Å²) in [5.74, 6) is 1.31. The minimum Gasteiger partial charge on any atom is -0.330 e. The van der Waals surface area contributed by atoms with E-state index < -0.39 is 0 Å². The Morgan fingerprint density at radius 3 is 3.00 bits per heavy atom. The molecule has 2 heteroatoms. The van der Waals surface area contributed by atoms with Gasteiger partial charge in [-0.15, -0.1) is 0 Å². The van der Waals surface area contributed by atoms with E-state index in [-0.39, 0.29) is 0 Å². The standard InChI is InChI=1S/C12H16ClN/c1-8-7-11-10(9(8)5-6-14)3-2-4-12(11)13/h2-4,8-9H,5-7,14H2,1H3. The average molecular weight is 210 g/mol. The lowest BCUT2D eigenvalue weighted by atomic mass is 9.91. The highest BCUT2D eigenvalue weighted by Crippen LogP contribution is 2.42. The van der Waals surface area contributed by atoms with Crippen LogP contribution in [0.3, 0.4) is 0 Å². The minimum atomic E-state index is 0.619. The van der Waals surface area contributed by atoms with Gasteiger partial charge in [-0.2, -0.15) is 0 Å². The van der Waals surface area contributed by atoms with Crippen LogP contribution >= 0.6 is 11.6 Å². The molecule has 1 aromatic carbocycles. The fraction of sp³-hybridized carbons (Fsp3) is 0.500. The van der Waals surface area contributed by atoms with Crippen LogP contribution in [0.15, 0.2) is 18.2 Å². The molecule has 2 rings (SSSR count). The summed E-state index contributed by atoms with van der Waals surface area (Å²) in [7, 11) is 0. The maximum Gasteiger partial charge on any atom is 0.0440 e. The summed E-state index contributed by atoms with van der Waals surface area (Å²) in [5.41, 5.74) is 8.41. The number of halogens is 1. The zero-order chi connectivity index (χ0) is 10.1. The Kier molecular flexibility index (Phi) is 2.80. The van der Waals surface area contributed by atoms with Crippen LogP contribution < -0.4 is 5.73 Å². The van der Waals surface area contributed by atoms with E-state index in [1.165, 1.54) is 11.1 Å². The minimum absolute atomic E-state index is 0.619. The van der Waals surface area contributed by atoms with Crippen LogP contribution in [0.1, 0.15) is 30.4 Å². The maximum absolute atomic E-state index is 6.17. The fourth-order valence-electron chi connectivity index (χ4n) is 2.53. The SMILES string of the molecule is CC1Cc2c(Cl)cccc2C1CCN. The second-order valence-corrected chi connectivity index (χ2v) is 4.58. The summed E-state index contributed by atoms with van der Waals surface area (Å²) in [5, 5.41) is 0.925. The zero-order valence-corrected chi connectivity index (χ0v) is 9.22. The van der Waals surface area contributed by atoms with E-state index in [0.717, 1.165) is 24.4 Å². The van der Waals surface area contributed by atoms with Gasteiger partial charge in [-0.05, 0) is 48.4 Å². The number of hydrogen-bond donors (Lipinski definition) is 1. The van der Waals surface area contributed by atoms with Crippen molar-refractivity contribution in [3.63, 3.8) is 0 Å². The van der Waals surface area contributed by atoms with Gasteiger partial charge in [0.1, 0.15) is 0 Å². The Balaban J connectivity index is 2.37. The molecule has 0 spiro atoms. The van der Waals surface area contributed by atoms with Crippen molar-refractivity contribution in [2.24, 2.45) is 11.7 Å². The molecule has 0 amide bonds. The molecule has 0 aromatic heterocycles. The van der Waals surface area contributed by atoms with Crippen molar-refractivity contribution in [3.8, 4) is 0 Å². The van der Waals surface area contributed by atoms with E-state index in [1.54, 1.807) is 0 Å². The van der Waals surface area contributed by atoms with Gasteiger partial charge in [-0.3, -0.25) is 0 Å². The van der Waals surface area contributed by atoms with Gasteiger partial charge in [0.2, 0.25) is 0 Å². The van der Waals surface area contributed by atoms with Crippen LogP contribution in [0.2, 0.25) is 5.02 Å². The van der Waals surface area contributed by atoms with Gasteiger partial charge in [0, 0.05) is 5.02 Å². The van der Waals surface area contributed by atoms with Gasteiger partial charge in [0.25, 0.3) is 0 Å². The van der Waals surface area contributed by atoms with Crippen LogP contribution in [0.5, 0.6) is 0 Å². The highest BCUT2D eigenvalue weighted by Gasteiger charge is 2.29. The molecular formula is C12H16ClN. The summed E-state index contributed by atoms with van der Waals surface area (Å²) in [6, 6.07) is 6.23. The molecule has 1 aliphatic rings. The van der Waals surface area contributed by atoms with Crippen molar-refractivity contribution in [1.29, 1.82) is 0 Å². The molecule has 2 atom stereocenters. The van der Waals surface area contributed by atoms with E-state index in [0.29, 0.717) is 11.8 Å². The van der Waals surface area contributed by atoms with E-state index in [2.05, 4.69) is 13.0 Å². The van der Waals surface area contributed by atoms with Crippen LogP contribution in [0.25, 0.3) is 0 Å². The first-order chi connectivity index (χ1) is 6.74. The Bertz CT molecular complexity index is 335. The Morgan fingerprint density at radius 2 is 2.29 bits per heavy atom. The molecule has 1 nitrogen and oxygen atoms in total. The largest absolute Gasteiger partial charge is 0.330 e. The van der Waals surface area contributed by atoms with Gasteiger partial charge < -0.3 is 5.73 Å². The third-order valence-electron chi connectivity index (χ3n) is 3.25. The predicted molar refractivity (Wildman–Crippen MR) is 60.7 cm³/mol. The van der Waals surface area contributed by atoms with Crippen molar-refractivity contribution < 1.29 is 0 Å². The number of rotatable bonds is 2. The fourth-order valence-corrected chi connectivity index (χ4v) is 2.79. The van der Waals surface area contributed by atoms with Gasteiger partial charge in [0.05, 0.1) is 0 Å². The first kappa shape index (κ1) is 10.0. The monoisotopic (exact) mass is 209 g/mol. The van der Waals surface area contributed by atoms with Crippen LogP contribution in [-0.4, -0.2) is 6.54 Å². The predicted octanol–water partition coefficient (Wildman–Crippen LogP) is 2.96. The van der Waals surface area contributed by atoms with Crippen molar-refractivity contribution in [2.75, 3.05) is 6.54 Å². The summed E-state index contributed by atoms with van der Waals surface area (Å²) >= 11 is 6.17. The molecule has 1 aromatic rings. The third-order valence-corrected chi connectivity index (χ3v) is 3.60. The molecule has 0 saturated heterocycles. The number of benzene rings is 1. The lowest BCUT2D eigenvalue weighted by molar-refractivity contribution is 0.475. The summed E-state index contributed by atoms with van der Waals surface area (Å²) in [6.45, 7) is 3.05. The molecule has 14 heavy (non-hydrogen) atoms. The van der Waals surface area contributed by atoms with Crippen LogP contribution in [-0.2, 0) is 6.42 Å². The second kappa shape index (κ2) is 3.92. The summed E-state index contributed by atoms with van der Waals surface area (Å²) in [6.07, 6.45) is 2.19. The molecule has 0 aliphatic heterocycles. The van der Waals surface area contributed by atoms with Crippen molar-refractivity contribution in [3.05, 3.63) is 34.3 Å². The zero-order valence-electron chi connectivity index (χ0n) is 8.46. The van der Waals surface area contributed by atoms with Gasteiger partial charge in [0.15, 0.2) is 0 Å². The highest BCUT2D eigenvalue weighted by atomic mass is 35.5. The summed E-state index contributed by atoms with van der Waals surface area (Å²) in [4.78, 5) is 0. The first-order valence-corrected chi connectivity index (χ1v) is 5.59. The Morgan fingerprint density at radius 1 is 1.50 bits per heavy atom. The molecular weight excluding hydrogens is 194 g/mol. The first-order valence-electron chi connectivity index (χ1n) is 5.21. The topological polar surface area (TPSA) is 26.0 Å². The average Bonchev–Trinajstić information content (AvgIpc) is 2.47. The lowest BCUT2D eigenvalue weighted by Gasteiger charge is -2.15. The molecule has 0 bridgehead atoms. The van der Waals surface area contributed by atoms with Crippen molar-refractivity contribution >= 4 is 11.6 Å². The number of hydrogen-bond acceptors (Lipinski definition) is 1. The van der Waals surface area contributed by atoms with E-state index >= 15 is 0 Å². The molecule has 76 valence electrons. The quantitative estimate of drug-likeness (QED) is 0.797.